The SMILES string of the molecule is CC[C@H](C)n1nccc1NC(=O)[C@@H](C)Sc1ccc2ccccc2c1. The Labute approximate surface area is 152 Å². The molecule has 3 rings (SSSR count). The van der Waals surface area contributed by atoms with Gasteiger partial charge >= 0.3 is 0 Å². The second-order valence-corrected chi connectivity index (χ2v) is 7.59. The molecule has 0 fully saturated rings. The number of amides is 1. The molecule has 0 radical (unpaired) electrons. The van der Waals surface area contributed by atoms with E-state index in [1.54, 1.807) is 18.0 Å². The molecule has 0 saturated heterocycles. The molecule has 0 aliphatic rings. The molecular weight excluding hydrogens is 330 g/mol. The number of hydrogen-bond donors (Lipinski definition) is 1. The molecule has 1 heterocycles. The first kappa shape index (κ1) is 17.5. The van der Waals surface area contributed by atoms with Gasteiger partial charge in [0.05, 0.1) is 17.5 Å². The number of aromatic nitrogens is 2. The summed E-state index contributed by atoms with van der Waals surface area (Å²) in [7, 11) is 0. The van der Waals surface area contributed by atoms with Gasteiger partial charge in [-0.3, -0.25) is 4.79 Å². The number of carbonyl (C=O) groups is 1. The number of nitrogens with zero attached hydrogens (tertiary/aromatic N) is 2. The minimum Gasteiger partial charge on any atom is -0.310 e. The molecule has 0 bridgehead atoms. The smallest absolute Gasteiger partial charge is 0.238 e. The molecule has 0 spiro atoms. The Morgan fingerprint density at radius 1 is 1.16 bits per heavy atom. The van der Waals surface area contributed by atoms with Crippen molar-refractivity contribution in [2.45, 2.75) is 43.4 Å². The van der Waals surface area contributed by atoms with Gasteiger partial charge in [-0.1, -0.05) is 37.3 Å². The fourth-order valence-corrected chi connectivity index (χ4v) is 3.58. The second kappa shape index (κ2) is 7.74. The highest BCUT2D eigenvalue weighted by Gasteiger charge is 2.17. The van der Waals surface area contributed by atoms with Crippen LogP contribution >= 0.6 is 11.8 Å². The van der Waals surface area contributed by atoms with Crippen LogP contribution in [-0.4, -0.2) is 20.9 Å². The lowest BCUT2D eigenvalue weighted by atomic mass is 10.1. The van der Waals surface area contributed by atoms with E-state index < -0.39 is 0 Å². The number of nitrogens with one attached hydrogen (secondary N) is 1. The van der Waals surface area contributed by atoms with Crippen LogP contribution in [0.4, 0.5) is 5.82 Å². The van der Waals surface area contributed by atoms with Gasteiger partial charge in [-0.2, -0.15) is 5.10 Å². The molecule has 5 heteroatoms. The summed E-state index contributed by atoms with van der Waals surface area (Å²) < 4.78 is 1.87. The van der Waals surface area contributed by atoms with E-state index in [-0.39, 0.29) is 17.2 Å². The molecule has 1 amide bonds. The van der Waals surface area contributed by atoms with Crippen molar-refractivity contribution >= 4 is 34.3 Å². The molecule has 3 aromatic rings. The Hall–Kier alpha value is -2.27. The average molecular weight is 353 g/mol. The monoisotopic (exact) mass is 353 g/mol. The lowest BCUT2D eigenvalue weighted by Gasteiger charge is -2.16. The van der Waals surface area contributed by atoms with E-state index in [1.807, 2.05) is 29.8 Å². The fraction of sp³-hybridized carbons (Fsp3) is 0.300. The number of benzene rings is 2. The molecule has 0 unspecified atom stereocenters. The third-order valence-electron chi connectivity index (χ3n) is 4.33. The summed E-state index contributed by atoms with van der Waals surface area (Å²) in [5.41, 5.74) is 0. The highest BCUT2D eigenvalue weighted by atomic mass is 32.2. The Bertz CT molecular complexity index is 874. The maximum atomic E-state index is 12.6. The van der Waals surface area contributed by atoms with Crippen LogP contribution in [0.3, 0.4) is 0 Å². The van der Waals surface area contributed by atoms with E-state index in [1.165, 1.54) is 10.8 Å². The van der Waals surface area contributed by atoms with Crippen LogP contribution in [0, 0.1) is 0 Å². The topological polar surface area (TPSA) is 46.9 Å². The second-order valence-electron chi connectivity index (χ2n) is 6.18. The van der Waals surface area contributed by atoms with E-state index in [0.717, 1.165) is 17.1 Å². The predicted molar refractivity (Wildman–Crippen MR) is 105 cm³/mol. The van der Waals surface area contributed by atoms with Crippen molar-refractivity contribution in [1.29, 1.82) is 0 Å². The van der Waals surface area contributed by atoms with Crippen molar-refractivity contribution in [3.05, 3.63) is 54.7 Å². The number of thioether (sulfide) groups is 1. The van der Waals surface area contributed by atoms with E-state index >= 15 is 0 Å². The maximum absolute atomic E-state index is 12.6. The van der Waals surface area contributed by atoms with Crippen LogP contribution in [-0.2, 0) is 4.79 Å². The number of anilines is 1. The van der Waals surface area contributed by atoms with Crippen LogP contribution in [0.25, 0.3) is 10.8 Å². The Morgan fingerprint density at radius 2 is 1.92 bits per heavy atom. The van der Waals surface area contributed by atoms with E-state index in [9.17, 15) is 4.79 Å². The summed E-state index contributed by atoms with van der Waals surface area (Å²) in [6.45, 7) is 6.13. The Balaban J connectivity index is 1.69. The lowest BCUT2D eigenvalue weighted by molar-refractivity contribution is -0.115. The van der Waals surface area contributed by atoms with Gasteiger partial charge in [0.15, 0.2) is 0 Å². The first-order chi connectivity index (χ1) is 12.1. The van der Waals surface area contributed by atoms with Crippen LogP contribution in [0.15, 0.2) is 59.6 Å². The third kappa shape index (κ3) is 4.04. The van der Waals surface area contributed by atoms with Gasteiger partial charge in [0.2, 0.25) is 5.91 Å². The molecule has 4 nitrogen and oxygen atoms in total. The van der Waals surface area contributed by atoms with Crippen molar-refractivity contribution in [3.63, 3.8) is 0 Å². The summed E-state index contributed by atoms with van der Waals surface area (Å²) in [5, 5.41) is 9.52. The van der Waals surface area contributed by atoms with Gasteiger partial charge in [0, 0.05) is 11.0 Å². The van der Waals surface area contributed by atoms with Crippen molar-refractivity contribution < 1.29 is 4.79 Å². The summed E-state index contributed by atoms with van der Waals surface area (Å²) in [4.78, 5) is 13.7. The van der Waals surface area contributed by atoms with Crippen LogP contribution in [0.2, 0.25) is 0 Å². The van der Waals surface area contributed by atoms with Gasteiger partial charge in [-0.05, 0) is 43.2 Å². The van der Waals surface area contributed by atoms with Gasteiger partial charge < -0.3 is 5.32 Å². The molecule has 2 aromatic carbocycles. The zero-order valence-corrected chi connectivity index (χ0v) is 15.6. The number of rotatable bonds is 6. The Morgan fingerprint density at radius 3 is 2.68 bits per heavy atom. The highest BCUT2D eigenvalue weighted by molar-refractivity contribution is 8.00. The van der Waals surface area contributed by atoms with Gasteiger partial charge in [0.1, 0.15) is 5.82 Å². The van der Waals surface area contributed by atoms with Crippen LogP contribution in [0.5, 0.6) is 0 Å². The van der Waals surface area contributed by atoms with Crippen molar-refractivity contribution in [2.24, 2.45) is 0 Å². The Kier molecular flexibility index (Phi) is 5.43. The average Bonchev–Trinajstić information content (AvgIpc) is 3.09. The molecule has 1 aromatic heterocycles. The molecule has 0 aliphatic heterocycles. The largest absolute Gasteiger partial charge is 0.310 e. The molecular formula is C20H23N3OS. The number of carbonyl (C=O) groups excluding carboxylic acids is 1. The fourth-order valence-electron chi connectivity index (χ4n) is 2.66. The molecule has 25 heavy (non-hydrogen) atoms. The standard InChI is InChI=1S/C20H23N3OS/c1-4-14(2)23-19(11-12-21-23)22-20(24)15(3)25-18-10-9-16-7-5-6-8-17(16)13-18/h5-15H,4H2,1-3H3,(H,22,24)/t14-,15+/m0/s1. The summed E-state index contributed by atoms with van der Waals surface area (Å²) >= 11 is 1.57. The first-order valence-electron chi connectivity index (χ1n) is 8.58. The zero-order chi connectivity index (χ0) is 17.8. The van der Waals surface area contributed by atoms with Crippen LogP contribution < -0.4 is 5.32 Å². The summed E-state index contributed by atoms with van der Waals surface area (Å²) in [6.07, 6.45) is 2.69. The van der Waals surface area contributed by atoms with Gasteiger partial charge in [-0.15, -0.1) is 11.8 Å². The summed E-state index contributed by atoms with van der Waals surface area (Å²) in [5.74, 6) is 0.744. The number of fused-ring (bicyclic) bond motifs is 1. The molecule has 0 saturated carbocycles. The highest BCUT2D eigenvalue weighted by Crippen LogP contribution is 2.28. The van der Waals surface area contributed by atoms with Crippen LogP contribution in [0.1, 0.15) is 33.2 Å². The normalized spacial score (nSPS) is 13.6. The van der Waals surface area contributed by atoms with Crippen molar-refractivity contribution in [1.82, 2.24) is 9.78 Å². The minimum atomic E-state index is -0.193. The maximum Gasteiger partial charge on any atom is 0.238 e. The van der Waals surface area contributed by atoms with Crippen molar-refractivity contribution in [3.8, 4) is 0 Å². The summed E-state index contributed by atoms with van der Waals surface area (Å²) in [6, 6.07) is 16.7. The third-order valence-corrected chi connectivity index (χ3v) is 5.43. The molecule has 130 valence electrons. The van der Waals surface area contributed by atoms with E-state index in [4.69, 9.17) is 0 Å². The zero-order valence-electron chi connectivity index (χ0n) is 14.8. The first-order valence-corrected chi connectivity index (χ1v) is 9.46. The van der Waals surface area contributed by atoms with E-state index in [2.05, 4.69) is 54.6 Å². The quantitative estimate of drug-likeness (QED) is 0.625. The lowest BCUT2D eigenvalue weighted by Crippen LogP contribution is -2.24. The van der Waals surface area contributed by atoms with E-state index in [0.29, 0.717) is 0 Å². The predicted octanol–water partition coefficient (Wildman–Crippen LogP) is 5.13. The van der Waals surface area contributed by atoms with Gasteiger partial charge in [-0.25, -0.2) is 4.68 Å². The minimum absolute atomic E-state index is 0.0109. The molecule has 2 atom stereocenters. The number of hydrogen-bond acceptors (Lipinski definition) is 3. The van der Waals surface area contributed by atoms with Gasteiger partial charge in [0.25, 0.3) is 0 Å². The molecule has 0 aliphatic carbocycles. The molecule has 1 N–H and O–H groups in total. The van der Waals surface area contributed by atoms with Crippen molar-refractivity contribution in [2.75, 3.05) is 5.32 Å².